The van der Waals surface area contributed by atoms with Gasteiger partial charge in [0, 0.05) is 11.9 Å². The minimum atomic E-state index is -0.462. The summed E-state index contributed by atoms with van der Waals surface area (Å²) in [6.45, 7) is 11.0. The van der Waals surface area contributed by atoms with Crippen LogP contribution in [0.1, 0.15) is 24.2 Å². The van der Waals surface area contributed by atoms with Gasteiger partial charge in [0.15, 0.2) is 0 Å². The number of nitrogens with one attached hydrogen (secondary N) is 1. The highest BCUT2D eigenvalue weighted by Crippen LogP contribution is 2.29. The second kappa shape index (κ2) is 7.88. The smallest absolute Gasteiger partial charge is 0.263 e. The van der Waals surface area contributed by atoms with Crippen LogP contribution in [0.4, 0.5) is 21.8 Å². The Morgan fingerprint density at radius 3 is 2.74 bits per heavy atom. The number of nitrogens with zero attached hydrogens (tertiary/aromatic N) is 4. The van der Waals surface area contributed by atoms with E-state index in [2.05, 4.69) is 20.1 Å². The van der Waals surface area contributed by atoms with Gasteiger partial charge in [-0.05, 0) is 49.1 Å². The molecule has 0 aliphatic carbocycles. The van der Waals surface area contributed by atoms with Gasteiger partial charge in [0.05, 0.1) is 23.7 Å². The van der Waals surface area contributed by atoms with Crippen molar-refractivity contribution in [3.05, 3.63) is 93.6 Å². The van der Waals surface area contributed by atoms with Crippen LogP contribution in [0, 0.1) is 19.3 Å². The van der Waals surface area contributed by atoms with Crippen molar-refractivity contribution in [1.29, 1.82) is 0 Å². The third-order valence-corrected chi connectivity index (χ3v) is 5.06. The lowest BCUT2D eigenvalue weighted by Crippen LogP contribution is -2.26. The van der Waals surface area contributed by atoms with E-state index in [-0.39, 0.29) is 23.0 Å². The number of anilines is 2. The maximum Gasteiger partial charge on any atom is 0.263 e. The van der Waals surface area contributed by atoms with Crippen LogP contribution in [0.2, 0.25) is 0 Å². The average molecular weight is 414 g/mol. The minimum absolute atomic E-state index is 0.0266. The van der Waals surface area contributed by atoms with Gasteiger partial charge < -0.3 is 11.1 Å². The van der Waals surface area contributed by atoms with E-state index in [1.165, 1.54) is 22.9 Å². The Labute approximate surface area is 177 Å². The van der Waals surface area contributed by atoms with Crippen molar-refractivity contribution < 1.29 is 4.39 Å². The number of fused-ring (bicyclic) bond motifs is 1. The zero-order valence-corrected chi connectivity index (χ0v) is 16.9. The molecule has 0 unspecified atom stereocenters. The summed E-state index contributed by atoms with van der Waals surface area (Å²) in [6.07, 6.45) is 1.34. The van der Waals surface area contributed by atoms with Gasteiger partial charge in [0.25, 0.3) is 5.56 Å². The molecule has 0 saturated heterocycles. The molecule has 2 aromatic carbocycles. The summed E-state index contributed by atoms with van der Waals surface area (Å²) in [5.41, 5.74) is 7.47. The molecule has 0 bridgehead atoms. The Bertz CT molecular complexity index is 1410. The van der Waals surface area contributed by atoms with Gasteiger partial charge in [-0.15, -0.1) is 0 Å². The zero-order chi connectivity index (χ0) is 22.1. The molecular weight excluding hydrogens is 395 g/mol. The predicted molar refractivity (Wildman–Crippen MR) is 119 cm³/mol. The van der Waals surface area contributed by atoms with Gasteiger partial charge in [0.1, 0.15) is 11.6 Å². The Balaban J connectivity index is 1.95. The van der Waals surface area contributed by atoms with Crippen molar-refractivity contribution in [3.8, 4) is 5.69 Å². The number of halogens is 1. The molecular formula is C23H19FN6O. The first kappa shape index (κ1) is 20.0. The second-order valence-corrected chi connectivity index (χ2v) is 7.17. The number of rotatable bonds is 4. The Hall–Kier alpha value is -4.25. The molecule has 0 saturated carbocycles. The third-order valence-electron chi connectivity index (χ3n) is 5.06. The van der Waals surface area contributed by atoms with Gasteiger partial charge in [0.2, 0.25) is 11.6 Å². The van der Waals surface area contributed by atoms with Crippen LogP contribution in [0.25, 0.3) is 21.3 Å². The maximum atomic E-state index is 14.0. The summed E-state index contributed by atoms with van der Waals surface area (Å²) in [5.74, 6) is -0.156. The van der Waals surface area contributed by atoms with Crippen molar-refractivity contribution in [3.63, 3.8) is 0 Å². The van der Waals surface area contributed by atoms with Crippen LogP contribution in [0.15, 0.2) is 59.5 Å². The van der Waals surface area contributed by atoms with Crippen LogP contribution in [-0.2, 0) is 0 Å². The van der Waals surface area contributed by atoms with Crippen molar-refractivity contribution in [1.82, 2.24) is 14.5 Å². The highest BCUT2D eigenvalue weighted by Gasteiger charge is 2.19. The number of aromatic nitrogens is 3. The van der Waals surface area contributed by atoms with E-state index in [0.29, 0.717) is 16.8 Å². The lowest BCUT2D eigenvalue weighted by molar-refractivity contribution is 0.625. The first-order chi connectivity index (χ1) is 14.9. The molecule has 0 radical (unpaired) electrons. The van der Waals surface area contributed by atoms with Crippen LogP contribution in [-0.4, -0.2) is 14.5 Å². The van der Waals surface area contributed by atoms with Crippen LogP contribution in [0.3, 0.4) is 0 Å². The standard InChI is InChI=1S/C23H19FN6O/c1-13-6-4-7-15-10-19(14(2)28-21-18(26-3)12-27-23(25)29-21)30(22(31)20(13)15)17-9-5-8-16(24)11-17/h4-12,14H,1-2H3,(H3,25,27,28,29)/t14-/m0/s1. The van der Waals surface area contributed by atoms with Crippen molar-refractivity contribution in [2.75, 3.05) is 11.1 Å². The fourth-order valence-electron chi connectivity index (χ4n) is 3.61. The van der Waals surface area contributed by atoms with E-state index in [1.54, 1.807) is 12.1 Å². The monoisotopic (exact) mass is 414 g/mol. The van der Waals surface area contributed by atoms with E-state index >= 15 is 0 Å². The van der Waals surface area contributed by atoms with E-state index in [0.717, 1.165) is 10.9 Å². The predicted octanol–water partition coefficient (Wildman–Crippen LogP) is 4.53. The van der Waals surface area contributed by atoms with Gasteiger partial charge in [-0.2, -0.15) is 0 Å². The van der Waals surface area contributed by atoms with Crippen molar-refractivity contribution in [2.45, 2.75) is 19.9 Å². The molecule has 3 N–H and O–H groups in total. The summed E-state index contributed by atoms with van der Waals surface area (Å²) in [4.78, 5) is 24.9. The van der Waals surface area contributed by atoms with Crippen molar-refractivity contribution in [2.24, 2.45) is 0 Å². The summed E-state index contributed by atoms with van der Waals surface area (Å²) in [6, 6.07) is 12.9. The summed E-state index contributed by atoms with van der Waals surface area (Å²) in [5, 5.41) is 4.49. The normalized spacial score (nSPS) is 11.8. The average Bonchev–Trinajstić information content (AvgIpc) is 2.73. The first-order valence-corrected chi connectivity index (χ1v) is 9.56. The molecule has 0 amide bonds. The minimum Gasteiger partial charge on any atom is -0.371 e. The third kappa shape index (κ3) is 3.69. The Morgan fingerprint density at radius 2 is 2.00 bits per heavy atom. The van der Waals surface area contributed by atoms with E-state index < -0.39 is 11.9 Å². The number of pyridine rings is 1. The molecule has 4 rings (SSSR count). The summed E-state index contributed by atoms with van der Waals surface area (Å²) in [7, 11) is 0. The van der Waals surface area contributed by atoms with Crippen LogP contribution in [0.5, 0.6) is 0 Å². The number of nitrogens with two attached hydrogens (primary N) is 1. The quantitative estimate of drug-likeness (QED) is 0.479. The number of aryl methyl sites for hydroxylation is 1. The lowest BCUT2D eigenvalue weighted by Gasteiger charge is -2.22. The molecule has 0 fully saturated rings. The number of hydrogen-bond donors (Lipinski definition) is 2. The fraction of sp³-hybridized carbons (Fsp3) is 0.130. The molecule has 8 heteroatoms. The van der Waals surface area contributed by atoms with Gasteiger partial charge in [-0.3, -0.25) is 9.36 Å². The van der Waals surface area contributed by atoms with Gasteiger partial charge >= 0.3 is 0 Å². The van der Waals surface area contributed by atoms with Crippen LogP contribution < -0.4 is 16.6 Å². The summed E-state index contributed by atoms with van der Waals surface area (Å²) >= 11 is 0. The molecule has 1 atom stereocenters. The molecule has 154 valence electrons. The highest BCUT2D eigenvalue weighted by atomic mass is 19.1. The largest absolute Gasteiger partial charge is 0.371 e. The SMILES string of the molecule is [C-]#[N+]c1cnc(N)nc1N[C@@H](C)c1cc2cccc(C)c2c(=O)n1-c1cccc(F)c1. The Kier molecular flexibility index (Phi) is 5.09. The van der Waals surface area contributed by atoms with E-state index in [1.807, 2.05) is 38.1 Å². The number of nitrogen functional groups attached to an aromatic ring is 1. The highest BCUT2D eigenvalue weighted by molar-refractivity contribution is 5.85. The lowest BCUT2D eigenvalue weighted by atomic mass is 10.0. The topological polar surface area (TPSA) is 90.2 Å². The molecule has 0 spiro atoms. The molecule has 31 heavy (non-hydrogen) atoms. The van der Waals surface area contributed by atoms with Gasteiger partial charge in [-0.25, -0.2) is 19.2 Å². The number of benzene rings is 2. The molecule has 2 heterocycles. The number of hydrogen-bond acceptors (Lipinski definition) is 5. The molecule has 4 aromatic rings. The fourth-order valence-corrected chi connectivity index (χ4v) is 3.61. The molecule has 2 aromatic heterocycles. The Morgan fingerprint density at radius 1 is 1.23 bits per heavy atom. The van der Waals surface area contributed by atoms with E-state index in [4.69, 9.17) is 12.3 Å². The zero-order valence-electron chi connectivity index (χ0n) is 16.9. The summed E-state index contributed by atoms with van der Waals surface area (Å²) < 4.78 is 15.5. The first-order valence-electron chi connectivity index (χ1n) is 9.56. The molecule has 0 aliphatic heterocycles. The maximum absolute atomic E-state index is 14.0. The molecule has 7 nitrogen and oxygen atoms in total. The van der Waals surface area contributed by atoms with Crippen molar-refractivity contribution >= 4 is 28.2 Å². The van der Waals surface area contributed by atoms with Gasteiger partial charge in [-0.1, -0.05) is 24.3 Å². The molecule has 0 aliphatic rings. The second-order valence-electron chi connectivity index (χ2n) is 7.17. The van der Waals surface area contributed by atoms with E-state index in [9.17, 15) is 9.18 Å². The van der Waals surface area contributed by atoms with Crippen LogP contribution >= 0.6 is 0 Å².